The Morgan fingerprint density at radius 3 is 2.16 bits per heavy atom. The fraction of sp³-hybridized carbons (Fsp3) is 0.500. The van der Waals surface area contributed by atoms with Crippen LogP contribution >= 0.6 is 0 Å². The molecule has 0 unspecified atom stereocenters. The molecule has 1 fully saturated rings. The van der Waals surface area contributed by atoms with Crippen LogP contribution in [0.3, 0.4) is 0 Å². The number of carboxylic acids is 1. The second kappa shape index (κ2) is 4.80. The summed E-state index contributed by atoms with van der Waals surface area (Å²) in [6.45, 7) is 3.96. The van der Waals surface area contributed by atoms with Gasteiger partial charge in [0.1, 0.15) is 5.78 Å². The molecule has 0 saturated heterocycles. The SMILES string of the molecule is CC(C)(c1ccccc1)C1(C(=O)O)CCC(=O)CC1. The second-order valence-corrected chi connectivity index (χ2v) is 5.92. The van der Waals surface area contributed by atoms with Crippen molar-refractivity contribution >= 4 is 11.8 Å². The van der Waals surface area contributed by atoms with Gasteiger partial charge in [-0.2, -0.15) is 0 Å². The van der Waals surface area contributed by atoms with E-state index in [0.717, 1.165) is 5.56 Å². The van der Waals surface area contributed by atoms with Crippen LogP contribution in [0.4, 0.5) is 0 Å². The minimum absolute atomic E-state index is 0.181. The van der Waals surface area contributed by atoms with Gasteiger partial charge in [0.2, 0.25) is 0 Å². The number of carbonyl (C=O) groups excluding carboxylic acids is 1. The number of Topliss-reactive ketones (excluding diaryl/α,β-unsaturated/α-hetero) is 1. The molecule has 0 aromatic heterocycles. The molecule has 0 amide bonds. The average Bonchev–Trinajstić information content (AvgIpc) is 2.40. The highest BCUT2D eigenvalue weighted by Gasteiger charge is 2.53. The third-order valence-electron chi connectivity index (χ3n) is 4.76. The molecule has 102 valence electrons. The quantitative estimate of drug-likeness (QED) is 0.908. The van der Waals surface area contributed by atoms with Crippen molar-refractivity contribution in [2.75, 3.05) is 0 Å². The maximum absolute atomic E-state index is 11.9. The smallest absolute Gasteiger partial charge is 0.310 e. The number of rotatable bonds is 3. The minimum Gasteiger partial charge on any atom is -0.481 e. The molecule has 2 rings (SSSR count). The lowest BCUT2D eigenvalue weighted by Gasteiger charge is -2.46. The molecular formula is C16H20O3. The topological polar surface area (TPSA) is 54.4 Å². The lowest BCUT2D eigenvalue weighted by atomic mass is 9.56. The number of carbonyl (C=O) groups is 2. The lowest BCUT2D eigenvalue weighted by molar-refractivity contribution is -0.157. The zero-order chi connectivity index (χ0) is 14.1. The molecule has 0 radical (unpaired) electrons. The van der Waals surface area contributed by atoms with Gasteiger partial charge in [-0.1, -0.05) is 44.2 Å². The van der Waals surface area contributed by atoms with E-state index in [9.17, 15) is 14.7 Å². The van der Waals surface area contributed by atoms with E-state index in [1.54, 1.807) is 0 Å². The molecule has 0 atom stereocenters. The highest BCUT2D eigenvalue weighted by Crippen LogP contribution is 2.50. The molecule has 0 aliphatic heterocycles. The Bertz CT molecular complexity index is 478. The van der Waals surface area contributed by atoms with Crippen LogP contribution in [0.1, 0.15) is 45.1 Å². The number of aliphatic carboxylic acids is 1. The molecule has 1 N–H and O–H groups in total. The number of ketones is 1. The van der Waals surface area contributed by atoms with Gasteiger partial charge in [0.15, 0.2) is 0 Å². The number of hydrogen-bond acceptors (Lipinski definition) is 2. The Hall–Kier alpha value is -1.64. The van der Waals surface area contributed by atoms with Crippen LogP contribution in [0.2, 0.25) is 0 Å². The van der Waals surface area contributed by atoms with Crippen LogP contribution in [0.15, 0.2) is 30.3 Å². The van der Waals surface area contributed by atoms with Crippen molar-refractivity contribution in [2.45, 2.75) is 44.9 Å². The number of hydrogen-bond donors (Lipinski definition) is 1. The standard InChI is InChI=1S/C16H20O3/c1-15(2,12-6-4-3-5-7-12)16(14(18)19)10-8-13(17)9-11-16/h3-7H,8-11H2,1-2H3,(H,18,19). The summed E-state index contributed by atoms with van der Waals surface area (Å²) >= 11 is 0. The Morgan fingerprint density at radius 1 is 1.16 bits per heavy atom. The first kappa shape index (κ1) is 13.8. The van der Waals surface area contributed by atoms with Crippen molar-refractivity contribution in [2.24, 2.45) is 5.41 Å². The van der Waals surface area contributed by atoms with E-state index in [4.69, 9.17) is 0 Å². The summed E-state index contributed by atoms with van der Waals surface area (Å²) in [6.07, 6.45) is 1.62. The van der Waals surface area contributed by atoms with E-state index in [-0.39, 0.29) is 5.78 Å². The predicted molar refractivity (Wildman–Crippen MR) is 73.0 cm³/mol. The highest BCUT2D eigenvalue weighted by atomic mass is 16.4. The van der Waals surface area contributed by atoms with Gasteiger partial charge >= 0.3 is 5.97 Å². The summed E-state index contributed by atoms with van der Waals surface area (Å²) in [5.74, 6) is -0.602. The molecule has 19 heavy (non-hydrogen) atoms. The normalized spacial score (nSPS) is 19.2. The summed E-state index contributed by atoms with van der Waals surface area (Å²) in [4.78, 5) is 23.3. The fourth-order valence-electron chi connectivity index (χ4n) is 3.19. The largest absolute Gasteiger partial charge is 0.481 e. The average molecular weight is 260 g/mol. The zero-order valence-corrected chi connectivity index (χ0v) is 11.5. The van der Waals surface area contributed by atoms with Crippen molar-refractivity contribution in [3.63, 3.8) is 0 Å². The van der Waals surface area contributed by atoms with Crippen LogP contribution in [-0.4, -0.2) is 16.9 Å². The van der Waals surface area contributed by atoms with Gasteiger partial charge in [0.25, 0.3) is 0 Å². The molecule has 1 aliphatic rings. The van der Waals surface area contributed by atoms with Gasteiger partial charge in [-0.3, -0.25) is 9.59 Å². The first-order valence-corrected chi connectivity index (χ1v) is 6.71. The summed E-state index contributed by atoms with van der Waals surface area (Å²) in [6, 6.07) is 9.74. The van der Waals surface area contributed by atoms with Gasteiger partial charge in [0.05, 0.1) is 5.41 Å². The predicted octanol–water partition coefficient (Wildman–Crippen LogP) is 3.18. The maximum atomic E-state index is 11.9. The highest BCUT2D eigenvalue weighted by molar-refractivity contribution is 5.85. The molecule has 0 spiro atoms. The van der Waals surface area contributed by atoms with E-state index in [2.05, 4.69) is 0 Å². The molecule has 0 heterocycles. The zero-order valence-electron chi connectivity index (χ0n) is 11.5. The van der Waals surface area contributed by atoms with Crippen LogP contribution in [0, 0.1) is 5.41 Å². The van der Waals surface area contributed by atoms with Gasteiger partial charge < -0.3 is 5.11 Å². The first-order valence-electron chi connectivity index (χ1n) is 6.71. The third kappa shape index (κ3) is 2.18. The van der Waals surface area contributed by atoms with Crippen LogP contribution < -0.4 is 0 Å². The summed E-state index contributed by atoms with van der Waals surface area (Å²) in [7, 11) is 0. The van der Waals surface area contributed by atoms with Gasteiger partial charge in [-0.15, -0.1) is 0 Å². The molecule has 0 bridgehead atoms. The van der Waals surface area contributed by atoms with Crippen molar-refractivity contribution in [1.29, 1.82) is 0 Å². The van der Waals surface area contributed by atoms with Crippen LogP contribution in [-0.2, 0) is 15.0 Å². The summed E-state index contributed by atoms with van der Waals surface area (Å²) in [5, 5.41) is 9.76. The fourth-order valence-corrected chi connectivity index (χ4v) is 3.19. The van der Waals surface area contributed by atoms with E-state index >= 15 is 0 Å². The molecule has 3 heteroatoms. The van der Waals surface area contributed by atoms with E-state index in [0.29, 0.717) is 25.7 Å². The molecular weight excluding hydrogens is 240 g/mol. The van der Waals surface area contributed by atoms with Gasteiger partial charge in [-0.05, 0) is 18.4 Å². The molecule has 1 saturated carbocycles. The minimum atomic E-state index is -0.845. The van der Waals surface area contributed by atoms with Crippen molar-refractivity contribution < 1.29 is 14.7 Å². The third-order valence-corrected chi connectivity index (χ3v) is 4.76. The lowest BCUT2D eigenvalue weighted by Crippen LogP contribution is -2.49. The Morgan fingerprint density at radius 2 is 1.68 bits per heavy atom. The Balaban J connectivity index is 2.44. The number of carboxylic acid groups (broad SMARTS) is 1. The van der Waals surface area contributed by atoms with Crippen LogP contribution in [0.5, 0.6) is 0 Å². The monoisotopic (exact) mass is 260 g/mol. The molecule has 1 aromatic rings. The van der Waals surface area contributed by atoms with Gasteiger partial charge in [-0.25, -0.2) is 0 Å². The van der Waals surface area contributed by atoms with E-state index in [1.807, 2.05) is 44.2 Å². The summed E-state index contributed by atoms with van der Waals surface area (Å²) < 4.78 is 0. The van der Waals surface area contributed by atoms with Crippen LogP contribution in [0.25, 0.3) is 0 Å². The van der Waals surface area contributed by atoms with E-state index < -0.39 is 16.8 Å². The first-order chi connectivity index (χ1) is 8.90. The van der Waals surface area contributed by atoms with Gasteiger partial charge in [0, 0.05) is 18.3 Å². The maximum Gasteiger partial charge on any atom is 0.310 e. The Kier molecular flexibility index (Phi) is 3.48. The second-order valence-electron chi connectivity index (χ2n) is 5.92. The summed E-state index contributed by atoms with van der Waals surface area (Å²) in [5.41, 5.74) is -0.310. The molecule has 3 nitrogen and oxygen atoms in total. The number of benzene rings is 1. The van der Waals surface area contributed by atoms with Crippen molar-refractivity contribution in [1.82, 2.24) is 0 Å². The molecule has 1 aliphatic carbocycles. The Labute approximate surface area is 113 Å². The van der Waals surface area contributed by atoms with Crippen molar-refractivity contribution in [3.8, 4) is 0 Å². The molecule has 1 aromatic carbocycles. The van der Waals surface area contributed by atoms with Crippen molar-refractivity contribution in [3.05, 3.63) is 35.9 Å². The van der Waals surface area contributed by atoms with E-state index in [1.165, 1.54) is 0 Å².